The van der Waals surface area contributed by atoms with Crippen LogP contribution in [0, 0.1) is 0 Å². The summed E-state index contributed by atoms with van der Waals surface area (Å²) in [7, 11) is 0. The number of oxazole rings is 1. The molecule has 2 aromatic rings. The maximum Gasteiger partial charge on any atom is 0.300 e. The number of anilines is 2. The number of nitrogens with zero attached hydrogens (tertiary/aromatic N) is 2. The van der Waals surface area contributed by atoms with Crippen LogP contribution >= 0.6 is 11.6 Å². The van der Waals surface area contributed by atoms with Gasteiger partial charge in [-0.05, 0) is 12.1 Å². The maximum atomic E-state index is 5.75. The summed E-state index contributed by atoms with van der Waals surface area (Å²) in [5, 5.41) is 3.47. The molecule has 0 amide bonds. The van der Waals surface area contributed by atoms with Crippen molar-refractivity contribution in [1.82, 2.24) is 9.97 Å². The first-order valence-corrected chi connectivity index (χ1v) is 4.00. The molecular weight excluding hydrogens is 190 g/mol. The summed E-state index contributed by atoms with van der Waals surface area (Å²) in [6.45, 7) is 0. The molecule has 0 atom stereocenters. The van der Waals surface area contributed by atoms with Gasteiger partial charge in [0.15, 0.2) is 0 Å². The van der Waals surface area contributed by atoms with Crippen LogP contribution in [0.25, 0.3) is 0 Å². The molecule has 0 saturated carbocycles. The highest BCUT2D eigenvalue weighted by Gasteiger charge is 1.98. The van der Waals surface area contributed by atoms with E-state index in [4.69, 9.17) is 16.0 Å². The molecule has 5 heteroatoms. The Kier molecular flexibility index (Phi) is 2.14. The third kappa shape index (κ3) is 1.97. The first-order valence-electron chi connectivity index (χ1n) is 3.63. The molecule has 0 aliphatic carbocycles. The van der Waals surface area contributed by atoms with Crippen LogP contribution in [0.5, 0.6) is 0 Å². The Labute approximate surface area is 79.6 Å². The minimum absolute atomic E-state index is 0.398. The fraction of sp³-hybridized carbons (Fsp3) is 0. The van der Waals surface area contributed by atoms with E-state index in [-0.39, 0.29) is 0 Å². The molecule has 0 fully saturated rings. The number of aromatic nitrogens is 2. The van der Waals surface area contributed by atoms with Crippen molar-refractivity contribution < 1.29 is 4.42 Å². The number of hydrogen-bond acceptors (Lipinski definition) is 4. The molecule has 0 unspecified atom stereocenters. The third-order valence-electron chi connectivity index (χ3n) is 1.39. The molecule has 0 spiro atoms. The molecule has 2 rings (SSSR count). The molecule has 0 bridgehead atoms. The van der Waals surface area contributed by atoms with Crippen molar-refractivity contribution in [3.8, 4) is 0 Å². The monoisotopic (exact) mass is 195 g/mol. The maximum absolute atomic E-state index is 5.75. The SMILES string of the molecule is Clc1ccnc(Nc2ncco2)c1. The van der Waals surface area contributed by atoms with Gasteiger partial charge in [0.25, 0.3) is 6.01 Å². The second kappa shape index (κ2) is 3.45. The number of hydrogen-bond donors (Lipinski definition) is 1. The summed E-state index contributed by atoms with van der Waals surface area (Å²) >= 11 is 5.75. The molecule has 0 aliphatic heterocycles. The molecule has 4 nitrogen and oxygen atoms in total. The van der Waals surface area contributed by atoms with Gasteiger partial charge in [0.05, 0.1) is 6.20 Å². The molecular formula is C8H6ClN3O. The van der Waals surface area contributed by atoms with Crippen LogP contribution in [-0.2, 0) is 0 Å². The van der Waals surface area contributed by atoms with Crippen molar-refractivity contribution in [2.75, 3.05) is 5.32 Å². The number of nitrogens with one attached hydrogen (secondary N) is 1. The predicted molar refractivity (Wildman–Crippen MR) is 49.0 cm³/mol. The molecule has 66 valence electrons. The van der Waals surface area contributed by atoms with Gasteiger partial charge in [0.1, 0.15) is 12.1 Å². The van der Waals surface area contributed by atoms with Gasteiger partial charge in [0, 0.05) is 11.2 Å². The first kappa shape index (κ1) is 8.07. The summed E-state index contributed by atoms with van der Waals surface area (Å²) in [4.78, 5) is 7.90. The molecule has 1 N–H and O–H groups in total. The largest absolute Gasteiger partial charge is 0.432 e. The zero-order valence-corrected chi connectivity index (χ0v) is 7.32. The fourth-order valence-corrected chi connectivity index (χ4v) is 1.03. The van der Waals surface area contributed by atoms with E-state index < -0.39 is 0 Å². The van der Waals surface area contributed by atoms with E-state index in [2.05, 4.69) is 15.3 Å². The lowest BCUT2D eigenvalue weighted by Crippen LogP contribution is -1.92. The summed E-state index contributed by atoms with van der Waals surface area (Å²) in [5.41, 5.74) is 0. The van der Waals surface area contributed by atoms with Gasteiger partial charge in [-0.2, -0.15) is 0 Å². The van der Waals surface area contributed by atoms with Gasteiger partial charge in [0.2, 0.25) is 0 Å². The highest BCUT2D eigenvalue weighted by atomic mass is 35.5. The van der Waals surface area contributed by atoms with Gasteiger partial charge in [-0.15, -0.1) is 0 Å². The lowest BCUT2D eigenvalue weighted by atomic mass is 10.4. The van der Waals surface area contributed by atoms with Crippen LogP contribution in [0.4, 0.5) is 11.8 Å². The average Bonchev–Trinajstić information content (AvgIpc) is 2.57. The molecule has 0 aliphatic rings. The second-order valence-electron chi connectivity index (χ2n) is 2.32. The summed E-state index contributed by atoms with van der Waals surface area (Å²) < 4.78 is 4.97. The predicted octanol–water partition coefficient (Wildman–Crippen LogP) is 2.47. The van der Waals surface area contributed by atoms with E-state index in [9.17, 15) is 0 Å². The summed E-state index contributed by atoms with van der Waals surface area (Å²) in [5.74, 6) is 0.606. The number of rotatable bonds is 2. The molecule has 2 heterocycles. The highest BCUT2D eigenvalue weighted by molar-refractivity contribution is 6.30. The third-order valence-corrected chi connectivity index (χ3v) is 1.62. The van der Waals surface area contributed by atoms with Crippen LogP contribution in [0.3, 0.4) is 0 Å². The zero-order valence-electron chi connectivity index (χ0n) is 6.57. The van der Waals surface area contributed by atoms with Crippen molar-refractivity contribution >= 4 is 23.4 Å². The van der Waals surface area contributed by atoms with Gasteiger partial charge < -0.3 is 4.42 Å². The van der Waals surface area contributed by atoms with Crippen molar-refractivity contribution in [2.45, 2.75) is 0 Å². The summed E-state index contributed by atoms with van der Waals surface area (Å²) in [6, 6.07) is 3.78. The Morgan fingerprint density at radius 3 is 2.92 bits per heavy atom. The van der Waals surface area contributed by atoms with Crippen LogP contribution in [-0.4, -0.2) is 9.97 Å². The van der Waals surface area contributed by atoms with Crippen molar-refractivity contribution in [2.24, 2.45) is 0 Å². The molecule has 0 saturated heterocycles. The topological polar surface area (TPSA) is 51.0 Å². The second-order valence-corrected chi connectivity index (χ2v) is 2.76. The van der Waals surface area contributed by atoms with Crippen LogP contribution in [0.15, 0.2) is 35.2 Å². The van der Waals surface area contributed by atoms with E-state index in [1.165, 1.54) is 6.26 Å². The Morgan fingerprint density at radius 1 is 1.31 bits per heavy atom. The van der Waals surface area contributed by atoms with Gasteiger partial charge in [-0.1, -0.05) is 11.6 Å². The Bertz CT molecular complexity index is 388. The molecule has 0 radical (unpaired) electrons. The summed E-state index contributed by atoms with van der Waals surface area (Å²) in [6.07, 6.45) is 4.63. The van der Waals surface area contributed by atoms with Crippen LogP contribution in [0.2, 0.25) is 5.02 Å². The van der Waals surface area contributed by atoms with Crippen molar-refractivity contribution in [3.63, 3.8) is 0 Å². The van der Waals surface area contributed by atoms with Gasteiger partial charge in [-0.3, -0.25) is 5.32 Å². The zero-order chi connectivity index (χ0) is 9.10. The standard InChI is InChI=1S/C8H6ClN3O/c9-6-1-2-10-7(5-6)12-8-11-3-4-13-8/h1-5H,(H,10,11,12). The van der Waals surface area contributed by atoms with E-state index in [1.54, 1.807) is 24.5 Å². The van der Waals surface area contributed by atoms with E-state index >= 15 is 0 Å². The quantitative estimate of drug-likeness (QED) is 0.800. The highest BCUT2D eigenvalue weighted by Crippen LogP contribution is 2.15. The molecule has 2 aromatic heterocycles. The van der Waals surface area contributed by atoms with Crippen molar-refractivity contribution in [1.29, 1.82) is 0 Å². The lowest BCUT2D eigenvalue weighted by Gasteiger charge is -1.99. The lowest BCUT2D eigenvalue weighted by molar-refractivity contribution is 0.577. The smallest absolute Gasteiger partial charge is 0.300 e. The first-order chi connectivity index (χ1) is 6.34. The van der Waals surface area contributed by atoms with Gasteiger partial charge >= 0.3 is 0 Å². The van der Waals surface area contributed by atoms with E-state index in [1.807, 2.05) is 0 Å². The Morgan fingerprint density at radius 2 is 2.23 bits per heavy atom. The molecule has 0 aromatic carbocycles. The number of pyridine rings is 1. The number of halogens is 1. The van der Waals surface area contributed by atoms with Crippen molar-refractivity contribution in [3.05, 3.63) is 35.8 Å². The fourth-order valence-electron chi connectivity index (χ4n) is 0.868. The minimum atomic E-state index is 0.398. The Balaban J connectivity index is 2.19. The molecule has 13 heavy (non-hydrogen) atoms. The van der Waals surface area contributed by atoms with Crippen LogP contribution < -0.4 is 5.32 Å². The van der Waals surface area contributed by atoms with Gasteiger partial charge in [-0.25, -0.2) is 9.97 Å². The average molecular weight is 196 g/mol. The Hall–Kier alpha value is -1.55. The minimum Gasteiger partial charge on any atom is -0.432 e. The van der Waals surface area contributed by atoms with Crippen LogP contribution in [0.1, 0.15) is 0 Å². The van der Waals surface area contributed by atoms with E-state index in [0.717, 1.165) is 0 Å². The normalized spacial score (nSPS) is 9.92. The van der Waals surface area contributed by atoms with E-state index in [0.29, 0.717) is 16.9 Å².